The summed E-state index contributed by atoms with van der Waals surface area (Å²) in [5.74, 6) is 0.450. The highest BCUT2D eigenvalue weighted by molar-refractivity contribution is 5.31. The molecule has 80 valence electrons. The molecule has 4 nitrogen and oxygen atoms in total. The summed E-state index contributed by atoms with van der Waals surface area (Å²) in [6, 6.07) is 0.403. The van der Waals surface area contributed by atoms with Crippen molar-refractivity contribution in [3.05, 3.63) is 35.4 Å². The molecule has 1 saturated carbocycles. The van der Waals surface area contributed by atoms with Crippen LogP contribution in [0.25, 0.3) is 0 Å². The Morgan fingerprint density at radius 2 is 2.47 bits per heavy atom. The van der Waals surface area contributed by atoms with Gasteiger partial charge < -0.3 is 9.88 Å². The molecule has 1 aromatic rings. The molecule has 0 saturated heterocycles. The molecule has 2 rings (SSSR count). The van der Waals surface area contributed by atoms with Gasteiger partial charge in [-0.05, 0) is 19.3 Å². The summed E-state index contributed by atoms with van der Waals surface area (Å²) < 4.78 is 1.77. The summed E-state index contributed by atoms with van der Waals surface area (Å²) in [5.41, 5.74) is -0.0101. The van der Waals surface area contributed by atoms with Gasteiger partial charge in [-0.25, -0.2) is 4.98 Å². The minimum atomic E-state index is -0.0101. The smallest absolute Gasteiger partial charge is 0.293 e. The number of nitrogens with zero attached hydrogens (tertiary/aromatic N) is 2. The Kier molecular flexibility index (Phi) is 2.85. The van der Waals surface area contributed by atoms with E-state index in [2.05, 4.69) is 16.9 Å². The Bertz CT molecular complexity index is 407. The van der Waals surface area contributed by atoms with Crippen LogP contribution in [0, 0.1) is 0 Å². The van der Waals surface area contributed by atoms with Crippen LogP contribution in [-0.4, -0.2) is 16.1 Å². The highest BCUT2D eigenvalue weighted by Gasteiger charge is 2.24. The molecule has 0 aliphatic heterocycles. The molecule has 0 unspecified atom stereocenters. The number of hydrogen-bond acceptors (Lipinski definition) is 3. The summed E-state index contributed by atoms with van der Waals surface area (Å²) in [7, 11) is 0. The van der Waals surface area contributed by atoms with E-state index in [0.717, 1.165) is 19.3 Å². The van der Waals surface area contributed by atoms with Crippen molar-refractivity contribution in [2.45, 2.75) is 25.3 Å². The van der Waals surface area contributed by atoms with Crippen molar-refractivity contribution < 1.29 is 0 Å². The van der Waals surface area contributed by atoms with Crippen LogP contribution in [0.15, 0.2) is 29.8 Å². The molecule has 1 heterocycles. The van der Waals surface area contributed by atoms with E-state index in [9.17, 15) is 4.79 Å². The zero-order chi connectivity index (χ0) is 10.7. The topological polar surface area (TPSA) is 46.9 Å². The fourth-order valence-corrected chi connectivity index (χ4v) is 1.48. The van der Waals surface area contributed by atoms with E-state index in [0.29, 0.717) is 18.4 Å². The maximum Gasteiger partial charge on any atom is 0.293 e. The first kappa shape index (κ1) is 9.96. The van der Waals surface area contributed by atoms with E-state index in [-0.39, 0.29) is 5.56 Å². The van der Waals surface area contributed by atoms with Crippen molar-refractivity contribution >= 4 is 5.82 Å². The molecule has 4 heteroatoms. The third-order valence-corrected chi connectivity index (χ3v) is 2.45. The SMILES string of the molecule is C=CCCNc1nccn(C2CC2)c1=O. The predicted molar refractivity (Wildman–Crippen MR) is 60.1 cm³/mol. The molecular formula is C11H15N3O. The molecule has 1 aromatic heterocycles. The molecule has 0 bridgehead atoms. The van der Waals surface area contributed by atoms with Crippen molar-refractivity contribution in [1.29, 1.82) is 0 Å². The number of aromatic nitrogens is 2. The second-order valence-corrected chi connectivity index (χ2v) is 3.72. The Morgan fingerprint density at radius 3 is 3.13 bits per heavy atom. The van der Waals surface area contributed by atoms with Gasteiger partial charge in [0.1, 0.15) is 0 Å². The Hall–Kier alpha value is -1.58. The molecule has 1 aliphatic carbocycles. The minimum absolute atomic E-state index is 0.0101. The zero-order valence-corrected chi connectivity index (χ0v) is 8.65. The van der Waals surface area contributed by atoms with Gasteiger partial charge in [-0.15, -0.1) is 6.58 Å². The predicted octanol–water partition coefficient (Wildman–Crippen LogP) is 1.57. The van der Waals surface area contributed by atoms with Crippen LogP contribution in [0.4, 0.5) is 5.82 Å². The second kappa shape index (κ2) is 4.29. The summed E-state index contributed by atoms with van der Waals surface area (Å²) >= 11 is 0. The van der Waals surface area contributed by atoms with E-state index < -0.39 is 0 Å². The maximum atomic E-state index is 11.9. The molecule has 0 atom stereocenters. The lowest BCUT2D eigenvalue weighted by Gasteiger charge is -2.06. The molecule has 0 aromatic carbocycles. The molecule has 1 fully saturated rings. The molecular weight excluding hydrogens is 190 g/mol. The normalized spacial score (nSPS) is 14.9. The summed E-state index contributed by atoms with van der Waals surface area (Å²) in [6.45, 7) is 4.34. The first-order valence-electron chi connectivity index (χ1n) is 5.25. The van der Waals surface area contributed by atoms with Gasteiger partial charge in [-0.1, -0.05) is 6.08 Å². The van der Waals surface area contributed by atoms with Gasteiger partial charge in [0, 0.05) is 25.0 Å². The van der Waals surface area contributed by atoms with Gasteiger partial charge in [0.05, 0.1) is 0 Å². The molecule has 1 N–H and O–H groups in total. The van der Waals surface area contributed by atoms with Crippen molar-refractivity contribution in [1.82, 2.24) is 9.55 Å². The maximum absolute atomic E-state index is 11.9. The van der Waals surface area contributed by atoms with Crippen LogP contribution < -0.4 is 10.9 Å². The Morgan fingerprint density at radius 1 is 1.67 bits per heavy atom. The molecule has 15 heavy (non-hydrogen) atoms. The van der Waals surface area contributed by atoms with E-state index in [1.165, 1.54) is 0 Å². The van der Waals surface area contributed by atoms with Crippen molar-refractivity contribution in [3.8, 4) is 0 Å². The zero-order valence-electron chi connectivity index (χ0n) is 8.65. The lowest BCUT2D eigenvalue weighted by Crippen LogP contribution is -2.23. The van der Waals surface area contributed by atoms with E-state index in [1.54, 1.807) is 17.0 Å². The number of anilines is 1. The van der Waals surface area contributed by atoms with Crippen molar-refractivity contribution in [2.24, 2.45) is 0 Å². The average molecular weight is 205 g/mol. The van der Waals surface area contributed by atoms with Crippen LogP contribution in [0.5, 0.6) is 0 Å². The second-order valence-electron chi connectivity index (χ2n) is 3.72. The van der Waals surface area contributed by atoms with Crippen LogP contribution in [0.2, 0.25) is 0 Å². The lowest BCUT2D eigenvalue weighted by atomic mass is 10.4. The van der Waals surface area contributed by atoms with Gasteiger partial charge in [0.25, 0.3) is 5.56 Å². The van der Waals surface area contributed by atoms with Gasteiger partial charge >= 0.3 is 0 Å². The lowest BCUT2D eigenvalue weighted by molar-refractivity contribution is 0.699. The van der Waals surface area contributed by atoms with E-state index in [1.807, 2.05) is 6.08 Å². The monoisotopic (exact) mass is 205 g/mol. The van der Waals surface area contributed by atoms with Crippen molar-refractivity contribution in [2.75, 3.05) is 11.9 Å². The number of rotatable bonds is 5. The van der Waals surface area contributed by atoms with Gasteiger partial charge in [-0.2, -0.15) is 0 Å². The quantitative estimate of drug-likeness (QED) is 0.586. The highest BCUT2D eigenvalue weighted by atomic mass is 16.1. The largest absolute Gasteiger partial charge is 0.365 e. The van der Waals surface area contributed by atoms with Crippen molar-refractivity contribution in [3.63, 3.8) is 0 Å². The van der Waals surface area contributed by atoms with Crippen LogP contribution in [0.3, 0.4) is 0 Å². The van der Waals surface area contributed by atoms with Gasteiger partial charge in [0.2, 0.25) is 0 Å². The Labute approximate surface area is 88.7 Å². The molecule has 0 amide bonds. The summed E-state index contributed by atoms with van der Waals surface area (Å²) in [6.07, 6.45) is 8.30. The third-order valence-electron chi connectivity index (χ3n) is 2.45. The fraction of sp³-hybridized carbons (Fsp3) is 0.455. The first-order valence-corrected chi connectivity index (χ1v) is 5.25. The summed E-state index contributed by atoms with van der Waals surface area (Å²) in [5, 5.41) is 3.02. The molecule has 1 aliphatic rings. The molecule has 0 radical (unpaired) electrons. The number of nitrogens with one attached hydrogen (secondary N) is 1. The average Bonchev–Trinajstić information content (AvgIpc) is 3.05. The fourth-order valence-electron chi connectivity index (χ4n) is 1.48. The van der Waals surface area contributed by atoms with Crippen LogP contribution in [0.1, 0.15) is 25.3 Å². The number of hydrogen-bond donors (Lipinski definition) is 1. The van der Waals surface area contributed by atoms with E-state index >= 15 is 0 Å². The standard InChI is InChI=1S/C11H15N3O/c1-2-3-6-12-10-11(15)14(8-7-13-10)9-4-5-9/h2,7-9H,1,3-6H2,(H,12,13). The van der Waals surface area contributed by atoms with E-state index in [4.69, 9.17) is 0 Å². The minimum Gasteiger partial charge on any atom is -0.365 e. The van der Waals surface area contributed by atoms with Gasteiger partial charge in [-0.3, -0.25) is 4.79 Å². The van der Waals surface area contributed by atoms with Crippen LogP contribution in [-0.2, 0) is 0 Å². The highest BCUT2D eigenvalue weighted by Crippen LogP contribution is 2.33. The van der Waals surface area contributed by atoms with Crippen LogP contribution >= 0.6 is 0 Å². The molecule has 0 spiro atoms. The first-order chi connectivity index (χ1) is 7.33. The van der Waals surface area contributed by atoms with Gasteiger partial charge in [0.15, 0.2) is 5.82 Å². The third kappa shape index (κ3) is 2.26. The summed E-state index contributed by atoms with van der Waals surface area (Å²) in [4.78, 5) is 15.9. The Balaban J connectivity index is 2.13.